The van der Waals surface area contributed by atoms with Crippen LogP contribution in [0.3, 0.4) is 0 Å². The van der Waals surface area contributed by atoms with Crippen LogP contribution in [0.2, 0.25) is 0 Å². The van der Waals surface area contributed by atoms with Crippen molar-refractivity contribution in [1.29, 1.82) is 0 Å². The number of amides is 2. The van der Waals surface area contributed by atoms with Crippen molar-refractivity contribution in [2.75, 3.05) is 6.54 Å². The minimum Gasteiger partial charge on any atom is -0.354 e. The van der Waals surface area contributed by atoms with Crippen LogP contribution in [0.4, 0.5) is 0 Å². The molecule has 4 heteroatoms. The average Bonchev–Trinajstić information content (AvgIpc) is 2.81. The maximum Gasteiger partial charge on any atom is 0.242 e. The molecule has 2 N–H and O–H groups in total. The van der Waals surface area contributed by atoms with Crippen molar-refractivity contribution in [3.8, 4) is 0 Å². The number of hydrogen-bond donors (Lipinski definition) is 2. The molecule has 4 nitrogen and oxygen atoms in total. The maximum atomic E-state index is 12.2. The highest BCUT2D eigenvalue weighted by Gasteiger charge is 2.50. The molecule has 0 radical (unpaired) electrons. The zero-order valence-corrected chi connectivity index (χ0v) is 12.0. The van der Waals surface area contributed by atoms with Gasteiger partial charge in [-0.15, -0.1) is 0 Å². The summed E-state index contributed by atoms with van der Waals surface area (Å²) in [6.07, 6.45) is 9.41. The Kier molecular flexibility index (Phi) is 2.83. The third-order valence-electron chi connectivity index (χ3n) is 6.11. The van der Waals surface area contributed by atoms with Crippen LogP contribution in [0.25, 0.3) is 0 Å². The summed E-state index contributed by atoms with van der Waals surface area (Å²) in [6.45, 7) is 0.835. The van der Waals surface area contributed by atoms with Gasteiger partial charge in [0.05, 0.1) is 0 Å². The molecule has 5 aliphatic rings. The van der Waals surface area contributed by atoms with E-state index >= 15 is 0 Å². The molecule has 5 rings (SSSR count). The molecule has 4 bridgehead atoms. The molecule has 1 aliphatic heterocycles. The Labute approximate surface area is 120 Å². The van der Waals surface area contributed by atoms with Gasteiger partial charge in [-0.2, -0.15) is 0 Å². The van der Waals surface area contributed by atoms with Gasteiger partial charge in [0.15, 0.2) is 0 Å². The monoisotopic (exact) mass is 276 g/mol. The Bertz CT molecular complexity index is 410. The summed E-state index contributed by atoms with van der Waals surface area (Å²) in [6, 6.07) is -0.281. The molecule has 1 saturated heterocycles. The van der Waals surface area contributed by atoms with E-state index in [9.17, 15) is 9.59 Å². The summed E-state index contributed by atoms with van der Waals surface area (Å²) in [4.78, 5) is 23.4. The van der Waals surface area contributed by atoms with Gasteiger partial charge in [0.1, 0.15) is 6.04 Å². The Hall–Kier alpha value is -1.06. The molecular weight excluding hydrogens is 252 g/mol. The minimum absolute atomic E-state index is 0.0138. The zero-order chi connectivity index (χ0) is 13.7. The number of carbonyl (C=O) groups is 2. The molecule has 0 unspecified atom stereocenters. The van der Waals surface area contributed by atoms with Gasteiger partial charge >= 0.3 is 0 Å². The van der Waals surface area contributed by atoms with Gasteiger partial charge in [-0.1, -0.05) is 0 Å². The summed E-state index contributed by atoms with van der Waals surface area (Å²) in [5.41, 5.74) is 0.382. The lowest BCUT2D eigenvalue weighted by Gasteiger charge is -2.57. The lowest BCUT2D eigenvalue weighted by Crippen LogP contribution is -2.53. The van der Waals surface area contributed by atoms with Crippen molar-refractivity contribution >= 4 is 11.8 Å². The van der Waals surface area contributed by atoms with Crippen LogP contribution in [0.5, 0.6) is 0 Å². The van der Waals surface area contributed by atoms with Gasteiger partial charge < -0.3 is 10.6 Å². The predicted octanol–water partition coefficient (Wildman–Crippen LogP) is 1.60. The SMILES string of the molecule is O=C1CC[C@H](C(=O)NCC23CC4CC(CC(C4)C2)C3)N1. The number of carbonyl (C=O) groups excluding carboxylic acids is 2. The lowest BCUT2D eigenvalue weighted by molar-refractivity contribution is -0.127. The van der Waals surface area contributed by atoms with Crippen LogP contribution in [0.1, 0.15) is 51.4 Å². The van der Waals surface area contributed by atoms with Crippen molar-refractivity contribution < 1.29 is 9.59 Å². The fourth-order valence-corrected chi connectivity index (χ4v) is 5.72. The van der Waals surface area contributed by atoms with Crippen molar-refractivity contribution in [2.45, 2.75) is 57.4 Å². The standard InChI is InChI=1S/C16H24N2O2/c19-14-2-1-13(18-14)15(20)17-9-16-6-10-3-11(7-16)5-12(4-10)8-16/h10-13H,1-9H2,(H,17,20)(H,18,19)/t10?,11?,12?,13-,16?/m1/s1. The van der Waals surface area contributed by atoms with Gasteiger partial charge in [0.25, 0.3) is 0 Å². The predicted molar refractivity (Wildman–Crippen MR) is 74.8 cm³/mol. The Balaban J connectivity index is 1.37. The fraction of sp³-hybridized carbons (Fsp3) is 0.875. The average molecular weight is 276 g/mol. The Morgan fingerprint density at radius 3 is 2.25 bits per heavy atom. The van der Waals surface area contributed by atoms with E-state index in [4.69, 9.17) is 0 Å². The van der Waals surface area contributed by atoms with Crippen molar-refractivity contribution in [1.82, 2.24) is 10.6 Å². The van der Waals surface area contributed by atoms with Crippen LogP contribution < -0.4 is 10.6 Å². The van der Waals surface area contributed by atoms with E-state index in [1.165, 1.54) is 38.5 Å². The van der Waals surface area contributed by atoms with Gasteiger partial charge in [-0.25, -0.2) is 0 Å². The van der Waals surface area contributed by atoms with E-state index in [0.717, 1.165) is 24.3 Å². The summed E-state index contributed by atoms with van der Waals surface area (Å²) >= 11 is 0. The molecule has 4 saturated carbocycles. The van der Waals surface area contributed by atoms with Crippen LogP contribution >= 0.6 is 0 Å². The highest BCUT2D eigenvalue weighted by Crippen LogP contribution is 2.59. The molecule has 1 heterocycles. The normalized spacial score (nSPS) is 45.5. The second-order valence-corrected chi connectivity index (χ2v) is 7.79. The van der Waals surface area contributed by atoms with Crippen LogP contribution in [-0.2, 0) is 9.59 Å². The molecule has 20 heavy (non-hydrogen) atoms. The van der Waals surface area contributed by atoms with E-state index in [1.54, 1.807) is 0 Å². The minimum atomic E-state index is -0.281. The molecule has 0 aromatic carbocycles. The van der Waals surface area contributed by atoms with Gasteiger partial charge in [0, 0.05) is 13.0 Å². The zero-order valence-electron chi connectivity index (χ0n) is 12.0. The molecule has 0 aromatic heterocycles. The van der Waals surface area contributed by atoms with Crippen LogP contribution in [0, 0.1) is 23.2 Å². The highest BCUT2D eigenvalue weighted by atomic mass is 16.2. The fourth-order valence-electron chi connectivity index (χ4n) is 5.72. The first-order chi connectivity index (χ1) is 9.62. The molecule has 1 atom stereocenters. The van der Waals surface area contributed by atoms with E-state index in [-0.39, 0.29) is 17.9 Å². The molecule has 2 amide bonds. The molecular formula is C16H24N2O2. The van der Waals surface area contributed by atoms with Crippen LogP contribution in [0.15, 0.2) is 0 Å². The van der Waals surface area contributed by atoms with E-state index in [2.05, 4.69) is 10.6 Å². The second-order valence-electron chi connectivity index (χ2n) is 7.79. The first-order valence-corrected chi connectivity index (χ1v) is 8.19. The van der Waals surface area contributed by atoms with Gasteiger partial charge in [-0.05, 0) is 68.1 Å². The van der Waals surface area contributed by atoms with Crippen molar-refractivity contribution in [2.24, 2.45) is 23.2 Å². The smallest absolute Gasteiger partial charge is 0.242 e. The molecule has 5 fully saturated rings. The first kappa shape index (κ1) is 12.7. The Morgan fingerprint density at radius 2 is 1.75 bits per heavy atom. The maximum absolute atomic E-state index is 12.2. The number of hydrogen-bond acceptors (Lipinski definition) is 2. The third kappa shape index (κ3) is 2.13. The first-order valence-electron chi connectivity index (χ1n) is 8.19. The Morgan fingerprint density at radius 1 is 1.15 bits per heavy atom. The molecule has 0 spiro atoms. The quantitative estimate of drug-likeness (QED) is 0.822. The summed E-state index contributed by atoms with van der Waals surface area (Å²) in [5, 5.41) is 5.91. The third-order valence-corrected chi connectivity index (χ3v) is 6.11. The van der Waals surface area contributed by atoms with Crippen molar-refractivity contribution in [3.63, 3.8) is 0 Å². The summed E-state index contributed by atoms with van der Waals surface area (Å²) in [7, 11) is 0. The molecule has 110 valence electrons. The molecule has 4 aliphatic carbocycles. The second kappa shape index (κ2) is 4.47. The van der Waals surface area contributed by atoms with Crippen LogP contribution in [-0.4, -0.2) is 24.4 Å². The number of rotatable bonds is 3. The topological polar surface area (TPSA) is 58.2 Å². The van der Waals surface area contributed by atoms with Gasteiger partial charge in [-0.3, -0.25) is 9.59 Å². The summed E-state index contributed by atoms with van der Waals surface area (Å²) < 4.78 is 0. The van der Waals surface area contributed by atoms with Crippen molar-refractivity contribution in [3.05, 3.63) is 0 Å². The van der Waals surface area contributed by atoms with Gasteiger partial charge in [0.2, 0.25) is 11.8 Å². The largest absolute Gasteiger partial charge is 0.354 e. The number of nitrogens with one attached hydrogen (secondary N) is 2. The summed E-state index contributed by atoms with van der Waals surface area (Å²) in [5.74, 6) is 2.81. The molecule has 0 aromatic rings. The van der Waals surface area contributed by atoms with E-state index in [1.807, 2.05) is 0 Å². The lowest BCUT2D eigenvalue weighted by atomic mass is 9.49. The van der Waals surface area contributed by atoms with E-state index in [0.29, 0.717) is 18.3 Å². The van der Waals surface area contributed by atoms with E-state index < -0.39 is 0 Å². The highest BCUT2D eigenvalue weighted by molar-refractivity contribution is 5.90.